The van der Waals surface area contributed by atoms with E-state index in [4.69, 9.17) is 13.9 Å². The lowest BCUT2D eigenvalue weighted by Gasteiger charge is -2.12. The molecule has 0 amide bonds. The molecule has 3 aromatic rings. The van der Waals surface area contributed by atoms with Gasteiger partial charge in [-0.2, -0.15) is 0 Å². The molecule has 0 saturated heterocycles. The van der Waals surface area contributed by atoms with Crippen LogP contribution in [-0.4, -0.2) is 20.0 Å². The molecule has 0 saturated carbocycles. The number of benzene rings is 2. The molecular weight excluding hydrogens is 435 g/mol. The molecule has 0 radical (unpaired) electrons. The number of carbonyl (C=O) groups excluding carboxylic acids is 1. The minimum atomic E-state index is -0.226. The van der Waals surface area contributed by atoms with Crippen LogP contribution in [0.5, 0.6) is 11.5 Å². The number of hydrogen-bond donors (Lipinski definition) is 0. The Bertz CT molecular complexity index is 992. The van der Waals surface area contributed by atoms with Crippen molar-refractivity contribution in [1.29, 1.82) is 0 Å². The largest absolute Gasteiger partial charge is 0.492 e. The summed E-state index contributed by atoms with van der Waals surface area (Å²) in [6, 6.07) is 11.9. The van der Waals surface area contributed by atoms with Gasteiger partial charge in [0, 0.05) is 11.6 Å². The lowest BCUT2D eigenvalue weighted by molar-refractivity contribution is 0.0987. The number of ether oxygens (including phenoxy) is 2. The highest BCUT2D eigenvalue weighted by atomic mass is 127. The van der Waals surface area contributed by atoms with Crippen LogP contribution < -0.4 is 14.9 Å². The summed E-state index contributed by atoms with van der Waals surface area (Å²) in [4.78, 5) is 24.8. The number of ketones is 1. The van der Waals surface area contributed by atoms with Crippen LogP contribution in [0.1, 0.15) is 16.1 Å². The smallest absolute Gasteiger partial charge is 0.205 e. The lowest BCUT2D eigenvalue weighted by Crippen LogP contribution is -2.09. The Labute approximate surface area is 157 Å². The van der Waals surface area contributed by atoms with Gasteiger partial charge in [-0.05, 0) is 28.7 Å². The molecule has 0 atom stereocenters. The maximum Gasteiger partial charge on any atom is 0.205 e. The average molecular weight is 450 g/mol. The first kappa shape index (κ1) is 17.5. The summed E-state index contributed by atoms with van der Waals surface area (Å²) in [5, 5.41) is 0.387. The highest BCUT2D eigenvalue weighted by Gasteiger charge is 2.19. The Morgan fingerprint density at radius 3 is 2.40 bits per heavy atom. The second-order valence-corrected chi connectivity index (χ2v) is 6.51. The molecule has 0 fully saturated rings. The zero-order chi connectivity index (χ0) is 18.0. The van der Waals surface area contributed by atoms with Crippen molar-refractivity contribution in [2.75, 3.05) is 14.2 Å². The summed E-state index contributed by atoms with van der Waals surface area (Å²) in [7, 11) is 3.00. The summed E-state index contributed by atoms with van der Waals surface area (Å²) in [5.74, 6) is 0.994. The molecule has 1 aromatic heterocycles. The number of fused-ring (bicyclic) bond motifs is 1. The first-order valence-corrected chi connectivity index (χ1v) is 8.58. The third-order valence-corrected chi connectivity index (χ3v) is 4.58. The van der Waals surface area contributed by atoms with E-state index in [1.807, 2.05) is 6.07 Å². The Balaban J connectivity index is 2.11. The molecule has 0 aliphatic carbocycles. The average Bonchev–Trinajstić information content (AvgIpc) is 2.62. The number of hydrogen-bond acceptors (Lipinski definition) is 5. The van der Waals surface area contributed by atoms with Crippen LogP contribution in [0.25, 0.3) is 11.0 Å². The number of methoxy groups -OCH3 is 2. The van der Waals surface area contributed by atoms with E-state index in [2.05, 4.69) is 22.6 Å². The second-order valence-electron chi connectivity index (χ2n) is 5.34. The fourth-order valence-corrected chi connectivity index (χ4v) is 3.38. The van der Waals surface area contributed by atoms with Crippen molar-refractivity contribution in [3.8, 4) is 11.5 Å². The number of carbonyl (C=O) groups is 1. The van der Waals surface area contributed by atoms with Crippen molar-refractivity contribution < 1.29 is 18.7 Å². The first-order chi connectivity index (χ1) is 12.0. The van der Waals surface area contributed by atoms with Gasteiger partial charge in [-0.1, -0.05) is 30.3 Å². The molecule has 2 aromatic carbocycles. The van der Waals surface area contributed by atoms with E-state index in [0.717, 1.165) is 3.57 Å². The molecule has 1 heterocycles. The molecule has 0 aliphatic rings. The van der Waals surface area contributed by atoms with Crippen molar-refractivity contribution in [2.24, 2.45) is 0 Å². The third-order valence-electron chi connectivity index (χ3n) is 3.77. The topological polar surface area (TPSA) is 65.7 Å². The summed E-state index contributed by atoms with van der Waals surface area (Å²) in [6.07, 6.45) is -0.00729. The predicted octanol–water partition coefficient (Wildman–Crippen LogP) is 3.84. The SMILES string of the molecule is COc1c(I)cc2c(=O)cc(CC(=O)c3ccccc3)oc2c1OC. The summed E-state index contributed by atoms with van der Waals surface area (Å²) in [6.45, 7) is 0. The highest BCUT2D eigenvalue weighted by molar-refractivity contribution is 14.1. The molecular formula is C19H15IO5. The van der Waals surface area contributed by atoms with E-state index < -0.39 is 0 Å². The number of rotatable bonds is 5. The van der Waals surface area contributed by atoms with Gasteiger partial charge >= 0.3 is 0 Å². The molecule has 25 heavy (non-hydrogen) atoms. The van der Waals surface area contributed by atoms with E-state index in [-0.39, 0.29) is 29.0 Å². The number of Topliss-reactive ketones (excluding diaryl/α,β-unsaturated/α-hetero) is 1. The van der Waals surface area contributed by atoms with Crippen LogP contribution in [0.3, 0.4) is 0 Å². The molecule has 0 spiro atoms. The van der Waals surface area contributed by atoms with Gasteiger partial charge in [-0.3, -0.25) is 9.59 Å². The van der Waals surface area contributed by atoms with Crippen LogP contribution in [0, 0.1) is 3.57 Å². The molecule has 6 heteroatoms. The molecule has 0 bridgehead atoms. The van der Waals surface area contributed by atoms with Gasteiger partial charge in [0.2, 0.25) is 5.75 Å². The van der Waals surface area contributed by atoms with Gasteiger partial charge in [0.1, 0.15) is 5.76 Å². The summed E-state index contributed by atoms with van der Waals surface area (Å²) >= 11 is 2.07. The quantitative estimate of drug-likeness (QED) is 0.437. The molecule has 0 unspecified atom stereocenters. The summed E-state index contributed by atoms with van der Waals surface area (Å²) < 4.78 is 17.3. The van der Waals surface area contributed by atoms with E-state index in [0.29, 0.717) is 22.4 Å². The van der Waals surface area contributed by atoms with Crippen LogP contribution in [0.4, 0.5) is 0 Å². The van der Waals surface area contributed by atoms with Crippen LogP contribution in [-0.2, 0) is 6.42 Å². The van der Waals surface area contributed by atoms with E-state index >= 15 is 0 Å². The van der Waals surface area contributed by atoms with Crippen LogP contribution in [0.2, 0.25) is 0 Å². The Hall–Kier alpha value is -2.35. The van der Waals surface area contributed by atoms with Crippen LogP contribution >= 0.6 is 22.6 Å². The van der Waals surface area contributed by atoms with Gasteiger partial charge < -0.3 is 13.9 Å². The maximum atomic E-state index is 12.5. The van der Waals surface area contributed by atoms with Crippen molar-refractivity contribution in [2.45, 2.75) is 6.42 Å². The molecule has 0 aliphatic heterocycles. The monoisotopic (exact) mass is 450 g/mol. The standard InChI is InChI=1S/C19H15IO5/c1-23-18-14(20)10-13-16(22)9-12(25-17(13)19(18)24-2)8-15(21)11-6-4-3-5-7-11/h3-7,9-10H,8H2,1-2H3. The zero-order valence-electron chi connectivity index (χ0n) is 13.7. The zero-order valence-corrected chi connectivity index (χ0v) is 15.8. The Morgan fingerprint density at radius 1 is 1.08 bits per heavy atom. The van der Waals surface area contributed by atoms with Gasteiger partial charge in [-0.25, -0.2) is 0 Å². The fourth-order valence-electron chi connectivity index (χ4n) is 2.61. The summed E-state index contributed by atoms with van der Waals surface area (Å²) in [5.41, 5.74) is 0.622. The van der Waals surface area contributed by atoms with E-state index in [9.17, 15) is 9.59 Å². The molecule has 0 N–H and O–H groups in total. The van der Waals surface area contributed by atoms with Crippen molar-refractivity contribution >= 4 is 39.3 Å². The lowest BCUT2D eigenvalue weighted by atomic mass is 10.1. The number of halogens is 1. The van der Waals surface area contributed by atoms with Gasteiger partial charge in [0.05, 0.1) is 29.6 Å². The Kier molecular flexibility index (Phi) is 5.08. The maximum absolute atomic E-state index is 12.5. The minimum absolute atomic E-state index is 0.00729. The molecule has 5 nitrogen and oxygen atoms in total. The Morgan fingerprint density at radius 2 is 1.76 bits per heavy atom. The van der Waals surface area contributed by atoms with E-state index in [1.165, 1.54) is 20.3 Å². The van der Waals surface area contributed by atoms with Crippen molar-refractivity contribution in [3.05, 3.63) is 67.6 Å². The second kappa shape index (κ2) is 7.26. The fraction of sp³-hybridized carbons (Fsp3) is 0.158. The normalized spacial score (nSPS) is 10.7. The first-order valence-electron chi connectivity index (χ1n) is 7.50. The van der Waals surface area contributed by atoms with Crippen molar-refractivity contribution in [3.63, 3.8) is 0 Å². The van der Waals surface area contributed by atoms with Gasteiger partial charge in [0.25, 0.3) is 0 Å². The highest BCUT2D eigenvalue weighted by Crippen LogP contribution is 2.38. The van der Waals surface area contributed by atoms with Gasteiger partial charge in [0.15, 0.2) is 22.5 Å². The van der Waals surface area contributed by atoms with Gasteiger partial charge in [-0.15, -0.1) is 0 Å². The molecule has 3 rings (SSSR count). The minimum Gasteiger partial charge on any atom is -0.492 e. The van der Waals surface area contributed by atoms with Crippen LogP contribution in [0.15, 0.2) is 51.7 Å². The third kappa shape index (κ3) is 3.39. The van der Waals surface area contributed by atoms with Crippen molar-refractivity contribution in [1.82, 2.24) is 0 Å². The molecule has 128 valence electrons. The van der Waals surface area contributed by atoms with E-state index in [1.54, 1.807) is 30.3 Å². The predicted molar refractivity (Wildman–Crippen MR) is 103 cm³/mol.